The number of anilines is 1. The molecule has 3 aromatic rings. The number of ether oxygens (including phenoxy) is 1. The first kappa shape index (κ1) is 19.1. The summed E-state index contributed by atoms with van der Waals surface area (Å²) < 4.78 is 18.8. The second-order valence-corrected chi connectivity index (χ2v) is 7.18. The van der Waals surface area contributed by atoms with Crippen LogP contribution >= 0.6 is 34.5 Å². The number of carbonyl (C=O) groups is 2. The Balaban J connectivity index is 1.69. The number of nitrogens with zero attached hydrogens (tertiary/aromatic N) is 1. The number of nitrogens with one attached hydrogen (secondary N) is 1. The molecule has 0 aliphatic heterocycles. The van der Waals surface area contributed by atoms with Crippen molar-refractivity contribution in [3.05, 3.63) is 62.7 Å². The Morgan fingerprint density at radius 2 is 2.00 bits per heavy atom. The van der Waals surface area contributed by atoms with Crippen molar-refractivity contribution in [1.29, 1.82) is 5.26 Å². The third-order valence-corrected chi connectivity index (χ3v) is 5.36. The highest BCUT2D eigenvalue weighted by Gasteiger charge is 2.20. The second-order valence-electron chi connectivity index (χ2n) is 5.31. The molecule has 2 aromatic carbocycles. The van der Waals surface area contributed by atoms with Crippen molar-refractivity contribution in [1.82, 2.24) is 0 Å². The van der Waals surface area contributed by atoms with Crippen LogP contribution in [0.3, 0.4) is 0 Å². The van der Waals surface area contributed by atoms with Crippen molar-refractivity contribution in [2.45, 2.75) is 0 Å². The SMILES string of the molecule is N#Cc1ccc(Cl)cc1NC(=O)COC(=O)c1sc2cc(F)ccc2c1Cl. The second kappa shape index (κ2) is 7.92. The minimum absolute atomic E-state index is 0.0746. The zero-order valence-corrected chi connectivity index (χ0v) is 15.7. The molecule has 0 aliphatic carbocycles. The quantitative estimate of drug-likeness (QED) is 0.598. The Labute approximate surface area is 166 Å². The Morgan fingerprint density at radius 3 is 2.74 bits per heavy atom. The molecule has 0 atom stereocenters. The van der Waals surface area contributed by atoms with Gasteiger partial charge in [0.15, 0.2) is 6.61 Å². The summed E-state index contributed by atoms with van der Waals surface area (Å²) in [6.07, 6.45) is 0. The van der Waals surface area contributed by atoms with Crippen LogP contribution in [0.2, 0.25) is 10.0 Å². The fraction of sp³-hybridized carbons (Fsp3) is 0.0556. The average Bonchev–Trinajstić information content (AvgIpc) is 2.96. The Kier molecular flexibility index (Phi) is 5.61. The summed E-state index contributed by atoms with van der Waals surface area (Å²) in [6.45, 7) is -0.588. The monoisotopic (exact) mass is 422 g/mol. The lowest BCUT2D eigenvalue weighted by Gasteiger charge is -2.08. The topological polar surface area (TPSA) is 79.2 Å². The summed E-state index contributed by atoms with van der Waals surface area (Å²) in [5.74, 6) is -1.90. The van der Waals surface area contributed by atoms with Crippen LogP contribution in [0, 0.1) is 17.1 Å². The maximum atomic E-state index is 13.3. The molecule has 0 unspecified atom stereocenters. The fourth-order valence-electron chi connectivity index (χ4n) is 2.27. The number of amides is 1. The highest BCUT2D eigenvalue weighted by molar-refractivity contribution is 7.21. The van der Waals surface area contributed by atoms with Crippen molar-refractivity contribution < 1.29 is 18.7 Å². The van der Waals surface area contributed by atoms with Crippen LogP contribution in [-0.2, 0) is 9.53 Å². The van der Waals surface area contributed by atoms with Crippen molar-refractivity contribution >= 4 is 62.2 Å². The first-order valence-corrected chi connectivity index (χ1v) is 9.00. The lowest BCUT2D eigenvalue weighted by Crippen LogP contribution is -2.21. The largest absolute Gasteiger partial charge is 0.451 e. The van der Waals surface area contributed by atoms with Crippen LogP contribution in [0.25, 0.3) is 10.1 Å². The summed E-state index contributed by atoms with van der Waals surface area (Å²) >= 11 is 13.0. The summed E-state index contributed by atoms with van der Waals surface area (Å²) in [4.78, 5) is 24.3. The Morgan fingerprint density at radius 1 is 1.22 bits per heavy atom. The van der Waals surface area contributed by atoms with Gasteiger partial charge in [-0.25, -0.2) is 9.18 Å². The molecule has 0 saturated carbocycles. The normalized spacial score (nSPS) is 10.4. The number of rotatable bonds is 4. The van der Waals surface area contributed by atoms with Gasteiger partial charge in [0.1, 0.15) is 16.8 Å². The molecule has 0 spiro atoms. The zero-order valence-electron chi connectivity index (χ0n) is 13.4. The molecule has 1 heterocycles. The number of benzene rings is 2. The predicted octanol–water partition coefficient (Wildman–Crippen LogP) is 5.01. The van der Waals surface area contributed by atoms with Gasteiger partial charge in [0.05, 0.1) is 16.3 Å². The van der Waals surface area contributed by atoms with Crippen molar-refractivity contribution in [3.63, 3.8) is 0 Å². The minimum Gasteiger partial charge on any atom is -0.451 e. The average molecular weight is 423 g/mol. The molecular formula is C18H9Cl2FN2O3S. The van der Waals surface area contributed by atoms with E-state index in [0.29, 0.717) is 15.1 Å². The molecule has 0 bridgehead atoms. The van der Waals surface area contributed by atoms with Gasteiger partial charge in [-0.2, -0.15) is 5.26 Å². The van der Waals surface area contributed by atoms with Gasteiger partial charge in [0.25, 0.3) is 5.91 Å². The number of carbonyl (C=O) groups excluding carboxylic acids is 2. The molecule has 9 heteroatoms. The Bertz CT molecular complexity index is 1110. The predicted molar refractivity (Wildman–Crippen MR) is 102 cm³/mol. The standard InChI is InChI=1S/C18H9Cl2FN2O3S/c19-10-2-1-9(7-22)13(5-10)23-15(24)8-26-18(25)17-16(20)12-4-3-11(21)6-14(12)27-17/h1-6H,8H2,(H,23,24). The Hall–Kier alpha value is -2.66. The van der Waals surface area contributed by atoms with Crippen LogP contribution in [0.5, 0.6) is 0 Å². The summed E-state index contributed by atoms with van der Waals surface area (Å²) in [6, 6.07) is 10.3. The van der Waals surface area contributed by atoms with Gasteiger partial charge in [0, 0.05) is 15.1 Å². The highest BCUT2D eigenvalue weighted by atomic mass is 35.5. The van der Waals surface area contributed by atoms with Crippen molar-refractivity contribution in [2.75, 3.05) is 11.9 Å². The van der Waals surface area contributed by atoms with Gasteiger partial charge in [-0.3, -0.25) is 4.79 Å². The van der Waals surface area contributed by atoms with Crippen LogP contribution in [-0.4, -0.2) is 18.5 Å². The molecule has 136 valence electrons. The van der Waals surface area contributed by atoms with Gasteiger partial charge in [0.2, 0.25) is 0 Å². The van der Waals surface area contributed by atoms with Crippen LogP contribution < -0.4 is 5.32 Å². The minimum atomic E-state index is -0.802. The van der Waals surface area contributed by atoms with E-state index in [1.807, 2.05) is 6.07 Å². The third-order valence-electron chi connectivity index (χ3n) is 3.49. The molecule has 27 heavy (non-hydrogen) atoms. The van der Waals surface area contributed by atoms with E-state index >= 15 is 0 Å². The molecule has 0 aliphatic rings. The lowest BCUT2D eigenvalue weighted by atomic mass is 10.2. The molecular weight excluding hydrogens is 414 g/mol. The van der Waals surface area contributed by atoms with Gasteiger partial charge < -0.3 is 10.1 Å². The maximum Gasteiger partial charge on any atom is 0.350 e. The van der Waals surface area contributed by atoms with E-state index in [-0.39, 0.29) is 21.2 Å². The molecule has 0 saturated heterocycles. The molecule has 0 radical (unpaired) electrons. The maximum absolute atomic E-state index is 13.3. The first-order valence-electron chi connectivity index (χ1n) is 7.43. The first-order chi connectivity index (χ1) is 12.9. The van der Waals surface area contributed by atoms with E-state index in [1.54, 1.807) is 0 Å². The number of halogens is 3. The molecule has 1 aromatic heterocycles. The van der Waals surface area contributed by atoms with Crippen molar-refractivity contribution in [2.24, 2.45) is 0 Å². The summed E-state index contributed by atoms with van der Waals surface area (Å²) in [7, 11) is 0. The van der Waals surface area contributed by atoms with Crippen molar-refractivity contribution in [3.8, 4) is 6.07 Å². The molecule has 1 N–H and O–H groups in total. The third kappa shape index (κ3) is 4.19. The van der Waals surface area contributed by atoms with Gasteiger partial charge in [-0.15, -0.1) is 11.3 Å². The molecule has 0 fully saturated rings. The van der Waals surface area contributed by atoms with Gasteiger partial charge in [-0.05, 0) is 36.4 Å². The van der Waals surface area contributed by atoms with E-state index in [9.17, 15) is 14.0 Å². The number of hydrogen-bond acceptors (Lipinski definition) is 5. The number of thiophene rings is 1. The number of esters is 1. The van der Waals surface area contributed by atoms with Gasteiger partial charge >= 0.3 is 5.97 Å². The van der Waals surface area contributed by atoms with E-state index in [0.717, 1.165) is 11.3 Å². The van der Waals surface area contributed by atoms with E-state index in [1.165, 1.54) is 36.4 Å². The number of nitriles is 1. The van der Waals surface area contributed by atoms with Crippen LogP contribution in [0.15, 0.2) is 36.4 Å². The van der Waals surface area contributed by atoms with E-state index < -0.39 is 24.3 Å². The van der Waals surface area contributed by atoms with Crippen LogP contribution in [0.1, 0.15) is 15.2 Å². The highest BCUT2D eigenvalue weighted by Crippen LogP contribution is 2.36. The molecule has 1 amide bonds. The summed E-state index contributed by atoms with van der Waals surface area (Å²) in [5.41, 5.74) is 0.426. The summed E-state index contributed by atoms with van der Waals surface area (Å²) in [5, 5.41) is 12.5. The molecule has 5 nitrogen and oxygen atoms in total. The smallest absolute Gasteiger partial charge is 0.350 e. The van der Waals surface area contributed by atoms with Crippen LogP contribution in [0.4, 0.5) is 10.1 Å². The lowest BCUT2D eigenvalue weighted by molar-refractivity contribution is -0.119. The number of hydrogen-bond donors (Lipinski definition) is 1. The van der Waals surface area contributed by atoms with E-state index in [4.69, 9.17) is 33.2 Å². The zero-order chi connectivity index (χ0) is 19.6. The molecule has 3 rings (SSSR count). The van der Waals surface area contributed by atoms with Gasteiger partial charge in [-0.1, -0.05) is 23.2 Å². The van der Waals surface area contributed by atoms with E-state index in [2.05, 4.69) is 5.32 Å². The fourth-order valence-corrected chi connectivity index (χ4v) is 3.87. The number of fused-ring (bicyclic) bond motifs is 1.